The molecule has 25 heavy (non-hydrogen) atoms. The molecule has 4 N–H and O–H groups in total. The van der Waals surface area contributed by atoms with Gasteiger partial charge in [0.2, 0.25) is 0 Å². The number of aryl methyl sites for hydroxylation is 1. The summed E-state index contributed by atoms with van der Waals surface area (Å²) in [6.07, 6.45) is 4.91. The molecule has 0 amide bonds. The van der Waals surface area contributed by atoms with Crippen LogP contribution in [-0.4, -0.2) is 25.5 Å². The summed E-state index contributed by atoms with van der Waals surface area (Å²) >= 11 is -0.699. The van der Waals surface area contributed by atoms with Gasteiger partial charge in [0.1, 0.15) is 0 Å². The van der Waals surface area contributed by atoms with Crippen LogP contribution in [0.4, 0.5) is 11.4 Å². The van der Waals surface area contributed by atoms with Crippen molar-refractivity contribution in [3.63, 3.8) is 0 Å². The molecular formula is C16H21IN5O2S-. The number of pyridine rings is 1. The van der Waals surface area contributed by atoms with Crippen molar-refractivity contribution >= 4 is 27.2 Å². The van der Waals surface area contributed by atoms with Gasteiger partial charge in [0.25, 0.3) is 0 Å². The number of sulfonamides is 1. The van der Waals surface area contributed by atoms with Gasteiger partial charge in [-0.15, -0.1) is 0 Å². The second kappa shape index (κ2) is 8.99. The SMILES string of the molecule is CCCc1cc(N[I-]N=C(N)c2ccc(NS(C)(=O)=O)cc2)ccn1. The Morgan fingerprint density at radius 1 is 1.24 bits per heavy atom. The van der Waals surface area contributed by atoms with Crippen molar-refractivity contribution in [2.24, 2.45) is 8.94 Å². The van der Waals surface area contributed by atoms with E-state index in [-0.39, 0.29) is 0 Å². The van der Waals surface area contributed by atoms with E-state index in [0.29, 0.717) is 11.5 Å². The van der Waals surface area contributed by atoms with Crippen LogP contribution < -0.4 is 35.7 Å². The number of nitrogens with zero attached hydrogens (tertiary/aromatic N) is 2. The van der Waals surface area contributed by atoms with Crippen molar-refractivity contribution in [3.05, 3.63) is 53.9 Å². The van der Waals surface area contributed by atoms with E-state index in [2.05, 4.69) is 23.4 Å². The van der Waals surface area contributed by atoms with Crippen LogP contribution in [0, 0.1) is 0 Å². The van der Waals surface area contributed by atoms with E-state index in [9.17, 15) is 8.42 Å². The van der Waals surface area contributed by atoms with Crippen molar-refractivity contribution in [2.45, 2.75) is 19.8 Å². The van der Waals surface area contributed by atoms with Crippen LogP contribution in [-0.2, 0) is 16.4 Å². The molecule has 1 heterocycles. The number of halogens is 1. The van der Waals surface area contributed by atoms with Crippen LogP contribution in [0.15, 0.2) is 45.8 Å². The first-order chi connectivity index (χ1) is 11.9. The topological polar surface area (TPSA) is 109 Å². The standard InChI is InChI=1S/C16H21IN5O2S/c1-3-4-14-11-15(9-10-19-14)20-17-21-16(18)12-5-7-13(8-6-12)22-25(2,23)24/h5-11,22H,3-4H2,1-2H3,(H2,18,21)(H,19,20)/q-1. The third-order valence-electron chi connectivity index (χ3n) is 3.09. The molecule has 7 nitrogen and oxygen atoms in total. The molecule has 2 aromatic rings. The number of hydrogen-bond donors (Lipinski definition) is 3. The van der Waals surface area contributed by atoms with Crippen LogP contribution in [0.1, 0.15) is 24.6 Å². The van der Waals surface area contributed by atoms with Crippen LogP contribution in [0.25, 0.3) is 0 Å². The van der Waals surface area contributed by atoms with Crippen LogP contribution in [0.3, 0.4) is 0 Å². The van der Waals surface area contributed by atoms with Gasteiger partial charge in [-0.25, -0.2) is 0 Å². The summed E-state index contributed by atoms with van der Waals surface area (Å²) in [7, 11) is -3.28. The Morgan fingerprint density at radius 2 is 1.96 bits per heavy atom. The fourth-order valence-electron chi connectivity index (χ4n) is 2.02. The summed E-state index contributed by atoms with van der Waals surface area (Å²) in [5.41, 5.74) is 9.30. The normalized spacial score (nSPS) is 12.2. The second-order valence-corrected chi connectivity index (χ2v) is 8.64. The van der Waals surface area contributed by atoms with Crippen molar-refractivity contribution in [1.29, 1.82) is 0 Å². The average molecular weight is 474 g/mol. The van der Waals surface area contributed by atoms with Crippen molar-refractivity contribution < 1.29 is 30.2 Å². The van der Waals surface area contributed by atoms with Gasteiger partial charge >= 0.3 is 159 Å². The number of benzene rings is 1. The molecule has 136 valence electrons. The molecule has 0 bridgehead atoms. The monoisotopic (exact) mass is 474 g/mol. The molecule has 0 fully saturated rings. The average Bonchev–Trinajstić information content (AvgIpc) is 2.54. The number of aromatic nitrogens is 1. The minimum absolute atomic E-state index is 0.425. The molecule has 0 saturated carbocycles. The molecule has 0 aliphatic carbocycles. The number of amidine groups is 1. The predicted octanol–water partition coefficient (Wildman–Crippen LogP) is -0.858. The van der Waals surface area contributed by atoms with Gasteiger partial charge in [0.05, 0.1) is 0 Å². The second-order valence-electron chi connectivity index (χ2n) is 5.39. The fraction of sp³-hybridized carbons (Fsp3) is 0.250. The molecular weight excluding hydrogens is 453 g/mol. The number of anilines is 2. The summed E-state index contributed by atoms with van der Waals surface area (Å²) in [6, 6.07) is 10.7. The predicted molar refractivity (Wildman–Crippen MR) is 97.5 cm³/mol. The summed E-state index contributed by atoms with van der Waals surface area (Å²) in [6.45, 7) is 2.12. The zero-order chi connectivity index (χ0) is 18.3. The Balaban J connectivity index is 1.96. The van der Waals surface area contributed by atoms with Gasteiger partial charge < -0.3 is 0 Å². The molecule has 0 atom stereocenters. The van der Waals surface area contributed by atoms with Crippen LogP contribution in [0.2, 0.25) is 0 Å². The molecule has 0 spiro atoms. The third-order valence-corrected chi connectivity index (χ3v) is 5.32. The maximum atomic E-state index is 11.2. The van der Waals surface area contributed by atoms with E-state index in [1.54, 1.807) is 30.5 Å². The van der Waals surface area contributed by atoms with E-state index in [1.165, 1.54) is 0 Å². The Bertz CT molecular complexity index is 838. The van der Waals surface area contributed by atoms with E-state index in [1.807, 2.05) is 12.1 Å². The molecule has 0 aliphatic rings. The van der Waals surface area contributed by atoms with E-state index < -0.39 is 31.8 Å². The first-order valence-corrected chi connectivity index (χ1v) is 11.6. The summed E-state index contributed by atoms with van der Waals surface area (Å²) in [4.78, 5) is 4.32. The molecule has 0 saturated heterocycles. The van der Waals surface area contributed by atoms with E-state index >= 15 is 0 Å². The first kappa shape index (κ1) is 19.4. The summed E-state index contributed by atoms with van der Waals surface area (Å²) in [5.74, 6) is 0.425. The summed E-state index contributed by atoms with van der Waals surface area (Å²) < 4.78 is 32.5. The Labute approximate surface area is 159 Å². The van der Waals surface area contributed by atoms with Gasteiger partial charge in [-0.3, -0.25) is 0 Å². The van der Waals surface area contributed by atoms with Crippen molar-refractivity contribution in [1.82, 2.24) is 4.98 Å². The molecule has 9 heteroatoms. The number of hydrogen-bond acceptors (Lipinski definition) is 5. The molecule has 0 aliphatic heterocycles. The first-order valence-electron chi connectivity index (χ1n) is 7.63. The molecule has 1 aromatic heterocycles. The van der Waals surface area contributed by atoms with Crippen LogP contribution >= 0.6 is 0 Å². The Morgan fingerprint density at radius 3 is 2.60 bits per heavy atom. The zero-order valence-corrected chi connectivity index (χ0v) is 17.0. The Hall–Kier alpha value is -1.88. The molecule has 0 radical (unpaired) electrons. The molecule has 0 unspecified atom stereocenters. The fourth-order valence-corrected chi connectivity index (χ4v) is 3.85. The van der Waals surface area contributed by atoms with Crippen molar-refractivity contribution in [3.8, 4) is 0 Å². The Kier molecular flexibility index (Phi) is 7.00. The van der Waals surface area contributed by atoms with Crippen molar-refractivity contribution in [2.75, 3.05) is 14.5 Å². The maximum absolute atomic E-state index is 11.2. The zero-order valence-electron chi connectivity index (χ0n) is 14.0. The molecule has 1 aromatic carbocycles. The van der Waals surface area contributed by atoms with Crippen LogP contribution in [0.5, 0.6) is 0 Å². The quantitative estimate of drug-likeness (QED) is 0.200. The van der Waals surface area contributed by atoms with E-state index in [0.717, 1.165) is 36.0 Å². The van der Waals surface area contributed by atoms with Gasteiger partial charge in [-0.05, 0) is 0 Å². The third kappa shape index (κ3) is 6.86. The summed E-state index contributed by atoms with van der Waals surface area (Å²) in [5, 5.41) is 0. The van der Waals surface area contributed by atoms with Gasteiger partial charge in [0, 0.05) is 0 Å². The number of nitrogens with one attached hydrogen (secondary N) is 2. The minimum atomic E-state index is -3.28. The number of rotatable bonds is 8. The molecule has 2 rings (SSSR count). The number of nitrogens with two attached hydrogens (primary N) is 1. The van der Waals surface area contributed by atoms with E-state index in [4.69, 9.17) is 5.73 Å². The van der Waals surface area contributed by atoms with Gasteiger partial charge in [-0.1, -0.05) is 0 Å². The van der Waals surface area contributed by atoms with Gasteiger partial charge in [0.15, 0.2) is 0 Å². The van der Waals surface area contributed by atoms with Gasteiger partial charge in [-0.2, -0.15) is 0 Å².